The summed E-state index contributed by atoms with van der Waals surface area (Å²) in [5.41, 5.74) is 6.51. The van der Waals surface area contributed by atoms with Crippen molar-refractivity contribution >= 4 is 27.5 Å². The molecule has 0 aliphatic heterocycles. The maximum absolute atomic E-state index is 13.6. The number of carbonyl (C=O) groups excluding carboxylic acids is 1. The first-order valence-corrected chi connectivity index (χ1v) is 6.73. The molecule has 1 amide bonds. The third-order valence-corrected chi connectivity index (χ3v) is 3.43. The zero-order valence-corrected chi connectivity index (χ0v) is 12.7. The lowest BCUT2D eigenvalue weighted by molar-refractivity contribution is 0.0774. The summed E-state index contributed by atoms with van der Waals surface area (Å²) in [6.07, 6.45) is 0. The fourth-order valence-corrected chi connectivity index (χ4v) is 2.13. The number of nitrogens with zero attached hydrogens (tertiary/aromatic N) is 1. The van der Waals surface area contributed by atoms with Crippen LogP contribution in [-0.2, 0) is 6.54 Å². The Morgan fingerprint density at radius 3 is 2.70 bits per heavy atom. The molecule has 4 nitrogen and oxygen atoms in total. The van der Waals surface area contributed by atoms with Crippen molar-refractivity contribution in [3.05, 3.63) is 51.6 Å². The van der Waals surface area contributed by atoms with E-state index in [0.29, 0.717) is 22.5 Å². The largest absolute Gasteiger partial charge is 0.452 e. The summed E-state index contributed by atoms with van der Waals surface area (Å²) in [7, 11) is 1.62. The Kier molecular flexibility index (Phi) is 4.13. The predicted molar refractivity (Wildman–Crippen MR) is 77.8 cm³/mol. The van der Waals surface area contributed by atoms with Gasteiger partial charge in [0.2, 0.25) is 0 Å². The molecule has 0 saturated carbocycles. The molecule has 0 aliphatic carbocycles. The molecule has 1 aromatic carbocycles. The molecule has 0 bridgehead atoms. The lowest BCUT2D eigenvalue weighted by Crippen LogP contribution is -2.26. The normalized spacial score (nSPS) is 10.6. The van der Waals surface area contributed by atoms with Gasteiger partial charge >= 0.3 is 0 Å². The van der Waals surface area contributed by atoms with Crippen molar-refractivity contribution in [3.8, 4) is 0 Å². The van der Waals surface area contributed by atoms with E-state index in [0.717, 1.165) is 0 Å². The van der Waals surface area contributed by atoms with Crippen LogP contribution in [0, 0.1) is 12.7 Å². The van der Waals surface area contributed by atoms with E-state index in [-0.39, 0.29) is 17.2 Å². The van der Waals surface area contributed by atoms with Crippen molar-refractivity contribution in [2.45, 2.75) is 13.5 Å². The number of benzene rings is 1. The van der Waals surface area contributed by atoms with Crippen molar-refractivity contribution < 1.29 is 13.6 Å². The van der Waals surface area contributed by atoms with E-state index in [9.17, 15) is 9.18 Å². The molecule has 0 aliphatic rings. The third kappa shape index (κ3) is 3.01. The second kappa shape index (κ2) is 5.66. The highest BCUT2D eigenvalue weighted by atomic mass is 79.9. The summed E-state index contributed by atoms with van der Waals surface area (Å²) in [4.78, 5) is 13.7. The summed E-state index contributed by atoms with van der Waals surface area (Å²) in [6, 6.07) is 6.19. The number of furan rings is 1. The third-order valence-electron chi connectivity index (χ3n) is 3.00. The number of hydrogen-bond donors (Lipinski definition) is 1. The second-order valence-corrected chi connectivity index (χ2v) is 5.32. The Morgan fingerprint density at radius 2 is 2.15 bits per heavy atom. The number of nitrogens with two attached hydrogens (primary N) is 1. The van der Waals surface area contributed by atoms with Gasteiger partial charge in [-0.2, -0.15) is 0 Å². The van der Waals surface area contributed by atoms with Crippen molar-refractivity contribution in [3.63, 3.8) is 0 Å². The summed E-state index contributed by atoms with van der Waals surface area (Å²) < 4.78 is 19.5. The average molecular weight is 341 g/mol. The maximum atomic E-state index is 13.6. The number of hydrogen-bond acceptors (Lipinski definition) is 3. The summed E-state index contributed by atoms with van der Waals surface area (Å²) in [5, 5.41) is 0. The van der Waals surface area contributed by atoms with Crippen LogP contribution in [0.25, 0.3) is 0 Å². The SMILES string of the molecule is Cc1c(N)cc(C(=O)N(C)Cc2ccc(Br)o2)cc1F. The van der Waals surface area contributed by atoms with E-state index in [2.05, 4.69) is 15.9 Å². The molecule has 0 fully saturated rings. The zero-order valence-electron chi connectivity index (χ0n) is 11.1. The van der Waals surface area contributed by atoms with Gasteiger partial charge in [0, 0.05) is 23.9 Å². The van der Waals surface area contributed by atoms with Crippen LogP contribution in [0.15, 0.2) is 33.4 Å². The van der Waals surface area contributed by atoms with Crippen LogP contribution in [-0.4, -0.2) is 17.9 Å². The summed E-state index contributed by atoms with van der Waals surface area (Å²) in [6.45, 7) is 1.86. The lowest BCUT2D eigenvalue weighted by Gasteiger charge is -2.16. The zero-order chi connectivity index (χ0) is 14.9. The Balaban J connectivity index is 2.18. The molecule has 0 atom stereocenters. The van der Waals surface area contributed by atoms with Crippen LogP contribution >= 0.6 is 15.9 Å². The van der Waals surface area contributed by atoms with E-state index in [1.165, 1.54) is 17.0 Å². The summed E-state index contributed by atoms with van der Waals surface area (Å²) in [5.74, 6) is -0.168. The first-order valence-electron chi connectivity index (χ1n) is 5.93. The van der Waals surface area contributed by atoms with Gasteiger partial charge in [0.25, 0.3) is 5.91 Å². The van der Waals surface area contributed by atoms with E-state index >= 15 is 0 Å². The van der Waals surface area contributed by atoms with Crippen LogP contribution < -0.4 is 5.73 Å². The minimum atomic E-state index is -0.484. The van der Waals surface area contributed by atoms with E-state index in [1.54, 1.807) is 26.1 Å². The Bertz CT molecular complexity index is 631. The van der Waals surface area contributed by atoms with Crippen LogP contribution in [0.2, 0.25) is 0 Å². The minimum absolute atomic E-state index is 0.221. The van der Waals surface area contributed by atoms with Gasteiger partial charge < -0.3 is 15.1 Å². The number of halogens is 2. The number of amides is 1. The van der Waals surface area contributed by atoms with Gasteiger partial charge in [-0.15, -0.1) is 0 Å². The van der Waals surface area contributed by atoms with Crippen LogP contribution in [0.3, 0.4) is 0 Å². The average Bonchev–Trinajstić information content (AvgIpc) is 2.79. The lowest BCUT2D eigenvalue weighted by atomic mass is 10.1. The molecule has 20 heavy (non-hydrogen) atoms. The van der Waals surface area contributed by atoms with Crippen molar-refractivity contribution in [2.24, 2.45) is 0 Å². The molecule has 1 aromatic heterocycles. The minimum Gasteiger partial charge on any atom is -0.452 e. The Hall–Kier alpha value is -1.82. The number of anilines is 1. The molecule has 2 rings (SSSR count). The monoisotopic (exact) mass is 340 g/mol. The highest BCUT2D eigenvalue weighted by molar-refractivity contribution is 9.10. The van der Waals surface area contributed by atoms with E-state index in [1.807, 2.05) is 0 Å². The van der Waals surface area contributed by atoms with Gasteiger partial charge in [0.1, 0.15) is 11.6 Å². The fourth-order valence-electron chi connectivity index (χ4n) is 1.79. The molecule has 2 N–H and O–H groups in total. The molecular weight excluding hydrogens is 327 g/mol. The number of nitrogen functional groups attached to an aromatic ring is 1. The first kappa shape index (κ1) is 14.6. The molecule has 2 aromatic rings. The number of carbonyl (C=O) groups is 1. The highest BCUT2D eigenvalue weighted by Gasteiger charge is 2.16. The van der Waals surface area contributed by atoms with Gasteiger partial charge in [0.15, 0.2) is 4.67 Å². The molecule has 0 saturated heterocycles. The smallest absolute Gasteiger partial charge is 0.254 e. The van der Waals surface area contributed by atoms with Crippen LogP contribution in [0.1, 0.15) is 21.7 Å². The van der Waals surface area contributed by atoms with Gasteiger partial charge in [0.05, 0.1) is 6.54 Å². The Labute approximate surface area is 124 Å². The molecule has 0 unspecified atom stereocenters. The molecule has 0 radical (unpaired) electrons. The van der Waals surface area contributed by atoms with Crippen molar-refractivity contribution in [1.29, 1.82) is 0 Å². The standard InChI is InChI=1S/C14H14BrFN2O2/c1-8-11(16)5-9(6-12(8)17)14(19)18(2)7-10-3-4-13(15)20-10/h3-6H,7,17H2,1-2H3. The van der Waals surface area contributed by atoms with E-state index in [4.69, 9.17) is 10.2 Å². The molecule has 106 valence electrons. The van der Waals surface area contributed by atoms with Crippen LogP contribution in [0.5, 0.6) is 0 Å². The quantitative estimate of drug-likeness (QED) is 0.871. The predicted octanol–water partition coefficient (Wildman–Crippen LogP) is 3.34. The first-order chi connectivity index (χ1) is 9.38. The van der Waals surface area contributed by atoms with Crippen LogP contribution in [0.4, 0.5) is 10.1 Å². The van der Waals surface area contributed by atoms with Gasteiger partial charge in [-0.3, -0.25) is 4.79 Å². The second-order valence-electron chi connectivity index (χ2n) is 4.54. The molecule has 6 heteroatoms. The molecule has 0 spiro atoms. The van der Waals surface area contributed by atoms with E-state index < -0.39 is 5.82 Å². The highest BCUT2D eigenvalue weighted by Crippen LogP contribution is 2.20. The molecule has 1 heterocycles. The van der Waals surface area contributed by atoms with Gasteiger partial charge in [-0.25, -0.2) is 4.39 Å². The number of rotatable bonds is 3. The summed E-state index contributed by atoms with van der Waals surface area (Å²) >= 11 is 3.19. The van der Waals surface area contributed by atoms with Crippen molar-refractivity contribution in [2.75, 3.05) is 12.8 Å². The van der Waals surface area contributed by atoms with Gasteiger partial charge in [-0.05, 0) is 47.1 Å². The van der Waals surface area contributed by atoms with Crippen molar-refractivity contribution in [1.82, 2.24) is 4.90 Å². The Morgan fingerprint density at radius 1 is 1.45 bits per heavy atom. The molecular formula is C14H14BrFN2O2. The van der Waals surface area contributed by atoms with Gasteiger partial charge in [-0.1, -0.05) is 0 Å². The topological polar surface area (TPSA) is 59.5 Å². The maximum Gasteiger partial charge on any atom is 0.254 e. The fraction of sp³-hybridized carbons (Fsp3) is 0.214.